The number of hydrogen-bond donors (Lipinski definition) is 1. The van der Waals surface area contributed by atoms with Crippen LogP contribution in [0.25, 0.3) is 10.4 Å². The lowest BCUT2D eigenvalue weighted by Gasteiger charge is -2.15. The third-order valence-electron chi connectivity index (χ3n) is 3.20. The Morgan fingerprint density at radius 3 is 3.05 bits per heavy atom. The van der Waals surface area contributed by atoms with Crippen LogP contribution in [-0.4, -0.2) is 28.3 Å². The zero-order valence-corrected chi connectivity index (χ0v) is 12.3. The second-order valence-electron chi connectivity index (χ2n) is 4.64. The number of azide groups is 1. The summed E-state index contributed by atoms with van der Waals surface area (Å²) in [4.78, 5) is 38.4. The first-order chi connectivity index (χ1) is 10.4. The Hall–Kier alpha value is -2.03. The van der Waals surface area contributed by atoms with E-state index in [1.807, 2.05) is 0 Å². The van der Waals surface area contributed by atoms with Crippen LogP contribution >= 0.6 is 8.25 Å². The predicted octanol–water partition coefficient (Wildman–Crippen LogP) is -0.154. The number of hydrogen-bond acceptors (Lipinski definition) is 7. The Balaban J connectivity index is 2.25. The molecule has 0 radical (unpaired) electrons. The van der Waals surface area contributed by atoms with Gasteiger partial charge in [0.25, 0.3) is 5.56 Å². The molecule has 11 nitrogen and oxygen atoms in total. The largest absolute Gasteiger partial charge is 0.566 e. The standard InChI is InChI=1S/C10H12N5O6P/c1-5-3-15(10(17)12-9(5)16)8-2-6(13-14-11)7(21-8)4-20-22(18)19/h3,6-8H,2,4H2,1H3,(H,12,16,17)/t6-,7-,8-/m1/s1. The summed E-state index contributed by atoms with van der Waals surface area (Å²) in [5.41, 5.74) is 7.68. The molecule has 0 spiro atoms. The van der Waals surface area contributed by atoms with Crippen LogP contribution in [0.5, 0.6) is 0 Å². The second kappa shape index (κ2) is 6.82. The van der Waals surface area contributed by atoms with E-state index in [0.717, 1.165) is 4.57 Å². The molecular weight excluding hydrogens is 317 g/mol. The van der Waals surface area contributed by atoms with Gasteiger partial charge in [0.15, 0.2) is 0 Å². The van der Waals surface area contributed by atoms with Gasteiger partial charge in [0.05, 0.1) is 12.1 Å². The maximum absolute atomic E-state index is 11.8. The normalized spacial score (nSPS) is 24.8. The van der Waals surface area contributed by atoms with Crippen LogP contribution in [0.15, 0.2) is 20.9 Å². The Kier molecular flexibility index (Phi) is 5.07. The van der Waals surface area contributed by atoms with Gasteiger partial charge in [-0.2, -0.15) is 0 Å². The number of rotatable bonds is 5. The van der Waals surface area contributed by atoms with E-state index in [1.54, 1.807) is 0 Å². The van der Waals surface area contributed by atoms with Gasteiger partial charge in [-0.1, -0.05) is 5.11 Å². The molecule has 1 aromatic rings. The minimum Gasteiger partial charge on any atom is -0.566 e. The molecule has 1 aliphatic heterocycles. The Labute approximate surface area is 124 Å². The third-order valence-corrected chi connectivity index (χ3v) is 3.56. The van der Waals surface area contributed by atoms with Crippen LogP contribution in [0.3, 0.4) is 0 Å². The molecule has 0 bridgehead atoms. The monoisotopic (exact) mass is 329 g/mol. The fourth-order valence-corrected chi connectivity index (χ4v) is 2.43. The van der Waals surface area contributed by atoms with Gasteiger partial charge in [-0.25, -0.2) is 4.79 Å². The van der Waals surface area contributed by atoms with E-state index in [-0.39, 0.29) is 13.0 Å². The highest BCUT2D eigenvalue weighted by molar-refractivity contribution is 7.30. The molecule has 1 aliphatic rings. The van der Waals surface area contributed by atoms with Crippen molar-refractivity contribution in [2.45, 2.75) is 31.7 Å². The van der Waals surface area contributed by atoms with E-state index in [4.69, 9.17) is 10.3 Å². The molecule has 1 aromatic heterocycles. The van der Waals surface area contributed by atoms with Gasteiger partial charge < -0.3 is 9.63 Å². The third kappa shape index (κ3) is 3.59. The number of nitrogens with zero attached hydrogens (tertiary/aromatic N) is 4. The van der Waals surface area contributed by atoms with Crippen LogP contribution in [0.1, 0.15) is 18.2 Å². The van der Waals surface area contributed by atoms with Gasteiger partial charge >= 0.3 is 13.9 Å². The maximum Gasteiger partial charge on any atom is 0.488 e. The summed E-state index contributed by atoms with van der Waals surface area (Å²) in [5, 5.41) is 3.52. The van der Waals surface area contributed by atoms with E-state index in [0.29, 0.717) is 5.56 Å². The Morgan fingerprint density at radius 1 is 1.68 bits per heavy atom. The van der Waals surface area contributed by atoms with E-state index in [2.05, 4.69) is 19.5 Å². The van der Waals surface area contributed by atoms with Crippen LogP contribution < -0.4 is 16.1 Å². The number of aryl methyl sites for hydroxylation is 1. The summed E-state index contributed by atoms with van der Waals surface area (Å²) in [7, 11) is -3.06. The Morgan fingerprint density at radius 2 is 2.41 bits per heavy atom. The van der Waals surface area contributed by atoms with Crippen molar-refractivity contribution >= 4 is 8.25 Å². The number of aromatic amines is 1. The molecule has 4 atom stereocenters. The molecule has 118 valence electrons. The van der Waals surface area contributed by atoms with Gasteiger partial charge in [0, 0.05) is 23.1 Å². The molecule has 0 saturated carbocycles. The fourth-order valence-electron chi connectivity index (χ4n) is 2.16. The summed E-state index contributed by atoms with van der Waals surface area (Å²) < 4.78 is 21.6. The summed E-state index contributed by atoms with van der Waals surface area (Å²) >= 11 is 0. The van der Waals surface area contributed by atoms with Gasteiger partial charge in [0.1, 0.15) is 12.8 Å². The number of ether oxygens (including phenoxy) is 1. The molecule has 1 N–H and O–H groups in total. The fraction of sp³-hybridized carbons (Fsp3) is 0.600. The molecule has 2 heterocycles. The van der Waals surface area contributed by atoms with E-state index < -0.39 is 37.9 Å². The highest BCUT2D eigenvalue weighted by Gasteiger charge is 2.37. The SMILES string of the molecule is Cc1cn([C@H]2C[C@@H](N=[N+]=[N-])[C@@H](CO[P+](=O)[O-])O2)c(=O)[nH]c1=O. The van der Waals surface area contributed by atoms with E-state index in [1.165, 1.54) is 13.1 Å². The van der Waals surface area contributed by atoms with Crippen molar-refractivity contribution in [2.75, 3.05) is 6.61 Å². The zero-order valence-electron chi connectivity index (χ0n) is 11.4. The molecule has 0 aromatic carbocycles. The topological polar surface area (TPSA) is 162 Å². The molecule has 2 rings (SSSR count). The quantitative estimate of drug-likeness (QED) is 0.341. The summed E-state index contributed by atoms with van der Waals surface area (Å²) in [5.74, 6) is 0. The molecule has 12 heteroatoms. The van der Waals surface area contributed by atoms with Crippen molar-refractivity contribution in [3.8, 4) is 0 Å². The van der Waals surface area contributed by atoms with Crippen molar-refractivity contribution in [2.24, 2.45) is 5.11 Å². The molecule has 1 fully saturated rings. The van der Waals surface area contributed by atoms with Gasteiger partial charge in [-0.05, 0) is 17.0 Å². The van der Waals surface area contributed by atoms with Crippen molar-refractivity contribution in [1.82, 2.24) is 9.55 Å². The lowest BCUT2D eigenvalue weighted by atomic mass is 10.1. The van der Waals surface area contributed by atoms with Crippen LogP contribution in [0, 0.1) is 6.92 Å². The molecular formula is C10H12N5O6P. The summed E-state index contributed by atoms with van der Waals surface area (Å²) in [6.45, 7) is 1.20. The van der Waals surface area contributed by atoms with E-state index in [9.17, 15) is 19.0 Å². The Bertz CT molecular complexity index is 738. The van der Waals surface area contributed by atoms with Gasteiger partial charge in [-0.3, -0.25) is 14.3 Å². The number of H-pyrrole nitrogens is 1. The molecule has 22 heavy (non-hydrogen) atoms. The summed E-state index contributed by atoms with van der Waals surface area (Å²) in [6, 6.07) is -0.691. The highest BCUT2D eigenvalue weighted by atomic mass is 31.1. The van der Waals surface area contributed by atoms with Crippen LogP contribution in [0.4, 0.5) is 0 Å². The first-order valence-electron chi connectivity index (χ1n) is 6.21. The van der Waals surface area contributed by atoms with Crippen molar-refractivity contribution in [3.05, 3.63) is 43.0 Å². The minimum absolute atomic E-state index is 0.152. The molecule has 1 unspecified atom stereocenters. The first-order valence-corrected chi connectivity index (χ1v) is 7.31. The zero-order chi connectivity index (χ0) is 16.3. The average molecular weight is 329 g/mol. The molecule has 0 amide bonds. The molecule has 0 aliphatic carbocycles. The van der Waals surface area contributed by atoms with Gasteiger partial charge in [0.2, 0.25) is 0 Å². The van der Waals surface area contributed by atoms with Crippen LogP contribution in [0.2, 0.25) is 0 Å². The molecule has 1 saturated heterocycles. The maximum atomic E-state index is 11.8. The smallest absolute Gasteiger partial charge is 0.488 e. The minimum atomic E-state index is -3.06. The highest BCUT2D eigenvalue weighted by Crippen LogP contribution is 2.31. The van der Waals surface area contributed by atoms with Gasteiger partial charge in [-0.15, -0.1) is 4.52 Å². The number of nitrogens with one attached hydrogen (secondary N) is 1. The van der Waals surface area contributed by atoms with Crippen LogP contribution in [-0.2, 0) is 13.8 Å². The number of aromatic nitrogens is 2. The predicted molar refractivity (Wildman–Crippen MR) is 71.1 cm³/mol. The second-order valence-corrected chi connectivity index (χ2v) is 5.34. The van der Waals surface area contributed by atoms with Crippen molar-refractivity contribution < 1.29 is 18.7 Å². The van der Waals surface area contributed by atoms with Crippen molar-refractivity contribution in [1.29, 1.82) is 0 Å². The lowest BCUT2D eigenvalue weighted by Crippen LogP contribution is -2.33. The van der Waals surface area contributed by atoms with Crippen molar-refractivity contribution in [3.63, 3.8) is 0 Å². The van der Waals surface area contributed by atoms with E-state index >= 15 is 0 Å². The lowest BCUT2D eigenvalue weighted by molar-refractivity contribution is -0.188. The first kappa shape index (κ1) is 16.3. The average Bonchev–Trinajstić information content (AvgIpc) is 2.84. The summed E-state index contributed by atoms with van der Waals surface area (Å²) in [6.07, 6.45) is -0.125.